The highest BCUT2D eigenvalue weighted by molar-refractivity contribution is 5.50. The van der Waals surface area contributed by atoms with Crippen LogP contribution in [0.3, 0.4) is 0 Å². The van der Waals surface area contributed by atoms with E-state index in [1.165, 1.54) is 11.1 Å². The maximum Gasteiger partial charge on any atom is 0.0637 e. The second-order valence-corrected chi connectivity index (χ2v) is 4.59. The summed E-state index contributed by atoms with van der Waals surface area (Å²) < 4.78 is 5.11. The van der Waals surface area contributed by atoms with Gasteiger partial charge in [-0.15, -0.1) is 0 Å². The van der Waals surface area contributed by atoms with Crippen molar-refractivity contribution < 1.29 is 9.84 Å². The van der Waals surface area contributed by atoms with Gasteiger partial charge >= 0.3 is 0 Å². The van der Waals surface area contributed by atoms with E-state index in [0.29, 0.717) is 13.2 Å². The molecule has 1 aromatic carbocycles. The van der Waals surface area contributed by atoms with Gasteiger partial charge in [-0.1, -0.05) is 13.0 Å². The predicted molar refractivity (Wildman–Crippen MR) is 79.7 cm³/mol. The molecule has 0 aliphatic carbocycles. The summed E-state index contributed by atoms with van der Waals surface area (Å²) in [4.78, 5) is 2.15. The smallest absolute Gasteiger partial charge is 0.0637 e. The minimum Gasteiger partial charge on any atom is -0.395 e. The molecule has 0 amide bonds. The minimum absolute atomic E-state index is 0.155. The molecular weight excluding hydrogens is 240 g/mol. The third-order valence-corrected chi connectivity index (χ3v) is 3.19. The van der Waals surface area contributed by atoms with E-state index in [1.54, 1.807) is 7.11 Å². The molecule has 1 aromatic rings. The number of hydrogen-bond donors (Lipinski definition) is 2. The van der Waals surface area contributed by atoms with E-state index in [0.717, 1.165) is 25.3 Å². The van der Waals surface area contributed by atoms with Gasteiger partial charge in [0.15, 0.2) is 0 Å². The van der Waals surface area contributed by atoms with Crippen LogP contribution in [0.2, 0.25) is 0 Å². The zero-order chi connectivity index (χ0) is 14.1. The Kier molecular flexibility index (Phi) is 7.48. The van der Waals surface area contributed by atoms with E-state index in [2.05, 4.69) is 42.3 Å². The van der Waals surface area contributed by atoms with E-state index in [-0.39, 0.29) is 6.61 Å². The van der Waals surface area contributed by atoms with E-state index in [4.69, 9.17) is 9.84 Å². The number of rotatable bonds is 9. The molecule has 4 heteroatoms. The Balaban J connectivity index is 2.77. The number of nitrogens with one attached hydrogen (secondary N) is 1. The third-order valence-electron chi connectivity index (χ3n) is 3.19. The molecule has 108 valence electrons. The molecule has 0 aliphatic heterocycles. The lowest BCUT2D eigenvalue weighted by atomic mass is 10.1. The number of aliphatic hydroxyl groups excluding tert-OH is 1. The lowest BCUT2D eigenvalue weighted by Crippen LogP contribution is -2.30. The zero-order valence-electron chi connectivity index (χ0n) is 12.3. The Morgan fingerprint density at radius 3 is 2.68 bits per heavy atom. The van der Waals surface area contributed by atoms with Crippen LogP contribution >= 0.6 is 0 Å². The monoisotopic (exact) mass is 266 g/mol. The van der Waals surface area contributed by atoms with Crippen molar-refractivity contribution in [2.45, 2.75) is 20.4 Å². The molecule has 0 unspecified atom stereocenters. The summed E-state index contributed by atoms with van der Waals surface area (Å²) in [6.45, 7) is 8.37. The second kappa shape index (κ2) is 8.91. The van der Waals surface area contributed by atoms with E-state index in [9.17, 15) is 0 Å². The first-order valence-corrected chi connectivity index (χ1v) is 6.88. The Hall–Kier alpha value is -1.10. The summed E-state index contributed by atoms with van der Waals surface area (Å²) in [7, 11) is 1.70. The van der Waals surface area contributed by atoms with Crippen LogP contribution in [0.15, 0.2) is 18.2 Å². The molecule has 0 fully saturated rings. The highest BCUT2D eigenvalue weighted by Crippen LogP contribution is 2.19. The van der Waals surface area contributed by atoms with Crippen molar-refractivity contribution in [2.75, 3.05) is 44.9 Å². The number of methoxy groups -OCH3 is 1. The van der Waals surface area contributed by atoms with Crippen molar-refractivity contribution in [2.24, 2.45) is 0 Å². The van der Waals surface area contributed by atoms with Gasteiger partial charge in [-0.05, 0) is 36.7 Å². The Bertz CT molecular complexity index is 369. The second-order valence-electron chi connectivity index (χ2n) is 4.59. The molecule has 19 heavy (non-hydrogen) atoms. The van der Waals surface area contributed by atoms with Gasteiger partial charge in [0.05, 0.1) is 13.2 Å². The number of ether oxygens (including phenoxy) is 1. The first-order chi connectivity index (χ1) is 9.22. The van der Waals surface area contributed by atoms with Gasteiger partial charge in [0.1, 0.15) is 0 Å². The van der Waals surface area contributed by atoms with Crippen LogP contribution in [-0.4, -0.2) is 45.1 Å². The predicted octanol–water partition coefficient (Wildman–Crippen LogP) is 1.55. The highest BCUT2D eigenvalue weighted by atomic mass is 16.5. The van der Waals surface area contributed by atoms with Crippen molar-refractivity contribution in [3.8, 4) is 0 Å². The molecule has 0 saturated heterocycles. The fourth-order valence-corrected chi connectivity index (χ4v) is 2.03. The molecule has 0 radical (unpaired) electrons. The molecule has 0 saturated carbocycles. The van der Waals surface area contributed by atoms with Gasteiger partial charge in [0.25, 0.3) is 0 Å². The largest absolute Gasteiger partial charge is 0.395 e. The molecule has 0 aliphatic rings. The van der Waals surface area contributed by atoms with Crippen molar-refractivity contribution in [3.05, 3.63) is 29.3 Å². The number of aliphatic hydroxyl groups is 1. The number of anilines is 1. The molecular formula is C15H26N2O2. The van der Waals surface area contributed by atoms with Gasteiger partial charge in [0.2, 0.25) is 0 Å². The summed E-state index contributed by atoms with van der Waals surface area (Å²) in [5.41, 5.74) is 3.74. The van der Waals surface area contributed by atoms with Crippen LogP contribution in [0.1, 0.15) is 18.1 Å². The van der Waals surface area contributed by atoms with Gasteiger partial charge in [0, 0.05) is 32.4 Å². The van der Waals surface area contributed by atoms with Crippen molar-refractivity contribution in [3.63, 3.8) is 0 Å². The maximum atomic E-state index is 9.14. The number of benzene rings is 1. The molecule has 4 nitrogen and oxygen atoms in total. The molecule has 0 atom stereocenters. The molecule has 0 spiro atoms. The third kappa shape index (κ3) is 5.19. The van der Waals surface area contributed by atoms with E-state index < -0.39 is 0 Å². The van der Waals surface area contributed by atoms with Gasteiger partial charge < -0.3 is 20.1 Å². The number of aryl methyl sites for hydroxylation is 1. The average Bonchev–Trinajstić information content (AvgIpc) is 2.42. The van der Waals surface area contributed by atoms with Crippen LogP contribution < -0.4 is 10.2 Å². The van der Waals surface area contributed by atoms with Crippen LogP contribution in [-0.2, 0) is 11.3 Å². The summed E-state index contributed by atoms with van der Waals surface area (Å²) in [6.07, 6.45) is 0. The molecule has 1 rings (SSSR count). The summed E-state index contributed by atoms with van der Waals surface area (Å²) >= 11 is 0. The fraction of sp³-hybridized carbons (Fsp3) is 0.600. The minimum atomic E-state index is 0.155. The van der Waals surface area contributed by atoms with Crippen LogP contribution in [0, 0.1) is 6.92 Å². The van der Waals surface area contributed by atoms with Crippen LogP contribution in [0.4, 0.5) is 5.69 Å². The Morgan fingerprint density at radius 1 is 1.32 bits per heavy atom. The Labute approximate surface area is 116 Å². The number of hydrogen-bond acceptors (Lipinski definition) is 4. The quantitative estimate of drug-likeness (QED) is 0.712. The normalized spacial score (nSPS) is 10.7. The lowest BCUT2D eigenvalue weighted by molar-refractivity contribution is 0.203. The molecule has 0 heterocycles. The van der Waals surface area contributed by atoms with E-state index >= 15 is 0 Å². The zero-order valence-corrected chi connectivity index (χ0v) is 12.3. The van der Waals surface area contributed by atoms with Crippen LogP contribution in [0.25, 0.3) is 0 Å². The van der Waals surface area contributed by atoms with Crippen molar-refractivity contribution in [1.29, 1.82) is 0 Å². The van der Waals surface area contributed by atoms with Gasteiger partial charge in [-0.2, -0.15) is 0 Å². The van der Waals surface area contributed by atoms with Crippen molar-refractivity contribution >= 4 is 5.69 Å². The van der Waals surface area contributed by atoms with Crippen LogP contribution in [0.5, 0.6) is 0 Å². The van der Waals surface area contributed by atoms with E-state index in [1.807, 2.05) is 0 Å². The molecule has 2 N–H and O–H groups in total. The van der Waals surface area contributed by atoms with Gasteiger partial charge in [-0.25, -0.2) is 0 Å². The average molecular weight is 266 g/mol. The maximum absolute atomic E-state index is 9.14. The molecule has 0 bridgehead atoms. The SMILES string of the molecule is CCNCc1ccc(N(CCO)CCOC)cc1C. The molecule has 0 aromatic heterocycles. The summed E-state index contributed by atoms with van der Waals surface area (Å²) in [5, 5.41) is 12.5. The lowest BCUT2D eigenvalue weighted by Gasteiger charge is -2.24. The summed E-state index contributed by atoms with van der Waals surface area (Å²) in [5.74, 6) is 0. The van der Waals surface area contributed by atoms with Gasteiger partial charge in [-0.3, -0.25) is 0 Å². The topological polar surface area (TPSA) is 44.7 Å². The fourth-order valence-electron chi connectivity index (χ4n) is 2.03. The summed E-state index contributed by atoms with van der Waals surface area (Å²) in [6, 6.07) is 6.45. The first-order valence-electron chi connectivity index (χ1n) is 6.88. The van der Waals surface area contributed by atoms with Crippen molar-refractivity contribution in [1.82, 2.24) is 5.32 Å². The Morgan fingerprint density at radius 2 is 2.11 bits per heavy atom. The standard InChI is InChI=1S/C15H26N2O2/c1-4-16-12-14-5-6-15(11-13(14)2)17(7-9-18)8-10-19-3/h5-6,11,16,18H,4,7-10,12H2,1-3H3. The highest BCUT2D eigenvalue weighted by Gasteiger charge is 2.07. The number of nitrogens with zero attached hydrogens (tertiary/aromatic N) is 1. The first kappa shape index (κ1) is 16.0.